The zero-order valence-electron chi connectivity index (χ0n) is 7.30. The van der Waals surface area contributed by atoms with E-state index in [0.717, 1.165) is 14.9 Å². The van der Waals surface area contributed by atoms with Crippen molar-refractivity contribution in [2.45, 2.75) is 11.8 Å². The first kappa shape index (κ1) is 10.6. The standard InChI is InChI=1S/C9H9BrO2S/c1-5-7(9(11)12-2)3-6(10)4-8(5)13/h3-4,13H,1-2H3. The smallest absolute Gasteiger partial charge is 0.338 e. The number of ether oxygens (including phenoxy) is 1. The number of methoxy groups -OCH3 is 1. The van der Waals surface area contributed by atoms with Crippen LogP contribution < -0.4 is 0 Å². The van der Waals surface area contributed by atoms with Gasteiger partial charge in [-0.05, 0) is 24.6 Å². The predicted molar refractivity (Wildman–Crippen MR) is 57.5 cm³/mol. The van der Waals surface area contributed by atoms with Crippen LogP contribution in [0.15, 0.2) is 21.5 Å². The number of thiol groups is 1. The first-order valence-corrected chi connectivity index (χ1v) is 4.87. The van der Waals surface area contributed by atoms with Gasteiger partial charge in [-0.2, -0.15) is 0 Å². The van der Waals surface area contributed by atoms with Gasteiger partial charge < -0.3 is 4.74 Å². The normalized spacial score (nSPS) is 9.85. The Labute approximate surface area is 90.8 Å². The third-order valence-electron chi connectivity index (χ3n) is 1.75. The lowest BCUT2D eigenvalue weighted by molar-refractivity contribution is 0.0599. The van der Waals surface area contributed by atoms with Crippen molar-refractivity contribution in [3.8, 4) is 0 Å². The van der Waals surface area contributed by atoms with Gasteiger partial charge in [0.2, 0.25) is 0 Å². The monoisotopic (exact) mass is 260 g/mol. The largest absolute Gasteiger partial charge is 0.465 e. The molecule has 0 unspecified atom stereocenters. The maximum absolute atomic E-state index is 11.3. The van der Waals surface area contributed by atoms with Gasteiger partial charge in [-0.1, -0.05) is 15.9 Å². The van der Waals surface area contributed by atoms with Crippen LogP contribution in [0.3, 0.4) is 0 Å². The summed E-state index contributed by atoms with van der Waals surface area (Å²) in [7, 11) is 1.36. The quantitative estimate of drug-likeness (QED) is 0.621. The Morgan fingerprint density at radius 2 is 2.15 bits per heavy atom. The summed E-state index contributed by atoms with van der Waals surface area (Å²) in [6.45, 7) is 1.83. The van der Waals surface area contributed by atoms with Gasteiger partial charge in [-0.25, -0.2) is 4.79 Å². The molecule has 1 aromatic carbocycles. The summed E-state index contributed by atoms with van der Waals surface area (Å²) >= 11 is 7.52. The van der Waals surface area contributed by atoms with Crippen molar-refractivity contribution in [2.75, 3.05) is 7.11 Å². The van der Waals surface area contributed by atoms with Crippen LogP contribution in [0.1, 0.15) is 15.9 Å². The van der Waals surface area contributed by atoms with E-state index in [-0.39, 0.29) is 5.97 Å². The highest BCUT2D eigenvalue weighted by Crippen LogP contribution is 2.23. The molecule has 0 aliphatic carbocycles. The molecule has 0 fully saturated rings. The molecule has 0 heterocycles. The second-order valence-electron chi connectivity index (χ2n) is 2.59. The summed E-state index contributed by atoms with van der Waals surface area (Å²) < 4.78 is 5.46. The topological polar surface area (TPSA) is 26.3 Å². The molecule has 70 valence electrons. The SMILES string of the molecule is COC(=O)c1cc(Br)cc(S)c1C. The Hall–Kier alpha value is -0.480. The number of hydrogen-bond acceptors (Lipinski definition) is 3. The maximum atomic E-state index is 11.3. The Morgan fingerprint density at radius 3 is 2.69 bits per heavy atom. The number of rotatable bonds is 1. The molecular formula is C9H9BrO2S. The van der Waals surface area contributed by atoms with Gasteiger partial charge in [0, 0.05) is 9.37 Å². The van der Waals surface area contributed by atoms with E-state index in [1.54, 1.807) is 6.07 Å². The van der Waals surface area contributed by atoms with Gasteiger partial charge in [-0.15, -0.1) is 12.6 Å². The molecule has 2 nitrogen and oxygen atoms in total. The minimum absolute atomic E-state index is 0.339. The Bertz CT molecular complexity index is 350. The van der Waals surface area contributed by atoms with E-state index >= 15 is 0 Å². The molecule has 0 atom stereocenters. The molecule has 13 heavy (non-hydrogen) atoms. The molecule has 1 rings (SSSR count). The van der Waals surface area contributed by atoms with Crippen molar-refractivity contribution in [1.29, 1.82) is 0 Å². The molecule has 0 radical (unpaired) electrons. The van der Waals surface area contributed by atoms with Crippen LogP contribution in [-0.2, 0) is 4.74 Å². The van der Waals surface area contributed by atoms with Gasteiger partial charge in [0.15, 0.2) is 0 Å². The number of esters is 1. The molecule has 0 aliphatic rings. The average molecular weight is 261 g/mol. The lowest BCUT2D eigenvalue weighted by atomic mass is 10.1. The van der Waals surface area contributed by atoms with Crippen molar-refractivity contribution in [2.24, 2.45) is 0 Å². The second-order valence-corrected chi connectivity index (χ2v) is 3.99. The highest BCUT2D eigenvalue weighted by molar-refractivity contribution is 9.10. The summed E-state index contributed by atoms with van der Waals surface area (Å²) in [5.41, 5.74) is 1.38. The van der Waals surface area contributed by atoms with Gasteiger partial charge in [0.25, 0.3) is 0 Å². The summed E-state index contributed by atoms with van der Waals surface area (Å²) in [5.74, 6) is -0.339. The van der Waals surface area contributed by atoms with E-state index in [4.69, 9.17) is 0 Å². The Kier molecular flexibility index (Phi) is 3.39. The molecule has 1 aromatic rings. The number of benzene rings is 1. The van der Waals surface area contributed by atoms with Crippen LogP contribution in [0.2, 0.25) is 0 Å². The molecule has 0 aliphatic heterocycles. The number of carbonyl (C=O) groups excluding carboxylic acids is 1. The second kappa shape index (κ2) is 4.15. The third kappa shape index (κ3) is 2.25. The molecule has 0 bridgehead atoms. The lowest BCUT2D eigenvalue weighted by Gasteiger charge is -2.06. The van der Waals surface area contributed by atoms with E-state index in [9.17, 15) is 4.79 Å². The summed E-state index contributed by atoms with van der Waals surface area (Å²) in [4.78, 5) is 12.0. The van der Waals surface area contributed by atoms with Gasteiger partial charge >= 0.3 is 5.97 Å². The highest BCUT2D eigenvalue weighted by Gasteiger charge is 2.11. The van der Waals surface area contributed by atoms with Gasteiger partial charge in [0.1, 0.15) is 0 Å². The van der Waals surface area contributed by atoms with Crippen molar-refractivity contribution in [3.05, 3.63) is 27.7 Å². The van der Waals surface area contributed by atoms with Crippen LogP contribution in [0, 0.1) is 6.92 Å². The third-order valence-corrected chi connectivity index (χ3v) is 2.67. The predicted octanol–water partition coefficient (Wildman–Crippen LogP) is 2.83. The fourth-order valence-corrected chi connectivity index (χ4v) is 1.88. The molecular weight excluding hydrogens is 252 g/mol. The van der Waals surface area contributed by atoms with Crippen molar-refractivity contribution >= 4 is 34.5 Å². The highest BCUT2D eigenvalue weighted by atomic mass is 79.9. The Balaban J connectivity index is 3.28. The van der Waals surface area contributed by atoms with E-state index in [2.05, 4.69) is 33.3 Å². The van der Waals surface area contributed by atoms with Crippen LogP contribution in [0.25, 0.3) is 0 Å². The van der Waals surface area contributed by atoms with E-state index in [0.29, 0.717) is 5.56 Å². The zero-order valence-corrected chi connectivity index (χ0v) is 9.78. The summed E-state index contributed by atoms with van der Waals surface area (Å²) in [6, 6.07) is 3.56. The van der Waals surface area contributed by atoms with Crippen molar-refractivity contribution in [3.63, 3.8) is 0 Å². The van der Waals surface area contributed by atoms with E-state index in [1.807, 2.05) is 13.0 Å². The minimum Gasteiger partial charge on any atom is -0.465 e. The number of carbonyl (C=O) groups is 1. The maximum Gasteiger partial charge on any atom is 0.338 e. The van der Waals surface area contributed by atoms with E-state index < -0.39 is 0 Å². The summed E-state index contributed by atoms with van der Waals surface area (Å²) in [6.07, 6.45) is 0. The molecule has 0 N–H and O–H groups in total. The first-order valence-electron chi connectivity index (χ1n) is 3.63. The lowest BCUT2D eigenvalue weighted by Crippen LogP contribution is -2.04. The van der Waals surface area contributed by atoms with Crippen LogP contribution >= 0.6 is 28.6 Å². The Morgan fingerprint density at radius 1 is 1.54 bits per heavy atom. The average Bonchev–Trinajstić information content (AvgIpc) is 2.10. The molecule has 0 saturated carbocycles. The fourth-order valence-electron chi connectivity index (χ4n) is 0.987. The number of hydrogen-bond donors (Lipinski definition) is 1. The fraction of sp³-hybridized carbons (Fsp3) is 0.222. The van der Waals surface area contributed by atoms with Gasteiger partial charge in [0.05, 0.1) is 12.7 Å². The van der Waals surface area contributed by atoms with Crippen molar-refractivity contribution in [1.82, 2.24) is 0 Å². The zero-order chi connectivity index (χ0) is 10.0. The minimum atomic E-state index is -0.339. The van der Waals surface area contributed by atoms with Crippen LogP contribution in [0.4, 0.5) is 0 Å². The molecule has 0 spiro atoms. The number of halogens is 1. The molecule has 0 amide bonds. The first-order chi connectivity index (χ1) is 6.06. The molecule has 0 saturated heterocycles. The van der Waals surface area contributed by atoms with Crippen LogP contribution in [0.5, 0.6) is 0 Å². The van der Waals surface area contributed by atoms with Gasteiger partial charge in [-0.3, -0.25) is 0 Å². The van der Waals surface area contributed by atoms with Crippen LogP contribution in [-0.4, -0.2) is 13.1 Å². The summed E-state index contributed by atoms with van der Waals surface area (Å²) in [5, 5.41) is 0. The van der Waals surface area contributed by atoms with E-state index in [1.165, 1.54) is 7.11 Å². The molecule has 4 heteroatoms. The van der Waals surface area contributed by atoms with Crippen molar-refractivity contribution < 1.29 is 9.53 Å². The molecule has 0 aromatic heterocycles.